The van der Waals surface area contributed by atoms with Gasteiger partial charge in [0.2, 0.25) is 0 Å². The summed E-state index contributed by atoms with van der Waals surface area (Å²) < 4.78 is 24.3. The first-order valence-electron chi connectivity index (χ1n) is 7.42. The quantitative estimate of drug-likeness (QED) is 0.775. The molecule has 2 heterocycles. The third kappa shape index (κ3) is 2.17. The monoisotopic (exact) mass is 327 g/mol. The van der Waals surface area contributed by atoms with E-state index in [2.05, 4.69) is 15.5 Å². The van der Waals surface area contributed by atoms with Crippen molar-refractivity contribution in [2.45, 2.75) is 6.04 Å². The number of benzene rings is 2. The van der Waals surface area contributed by atoms with E-state index in [1.165, 1.54) is 6.07 Å². The van der Waals surface area contributed by atoms with Crippen LogP contribution in [-0.2, 0) is 0 Å². The number of nitrogens with zero attached hydrogens (tertiary/aromatic N) is 1. The Hall–Kier alpha value is -3.09. The molecule has 0 saturated carbocycles. The average Bonchev–Trinajstić information content (AvgIpc) is 3.20. The summed E-state index contributed by atoms with van der Waals surface area (Å²) in [6.45, 7) is 0.188. The summed E-state index contributed by atoms with van der Waals surface area (Å²) >= 11 is 0. The van der Waals surface area contributed by atoms with Crippen LogP contribution in [0.25, 0.3) is 10.9 Å². The van der Waals surface area contributed by atoms with Crippen molar-refractivity contribution in [2.24, 2.45) is 0 Å². The van der Waals surface area contributed by atoms with Gasteiger partial charge >= 0.3 is 0 Å². The molecule has 3 aromatic rings. The highest BCUT2D eigenvalue weighted by atomic mass is 19.1. The molecule has 0 fully saturated rings. The molecular formula is C17H14FN3O3. The molecule has 1 atom stereocenters. The van der Waals surface area contributed by atoms with Crippen LogP contribution >= 0.6 is 0 Å². The first-order chi connectivity index (χ1) is 11.7. The Balaban J connectivity index is 1.64. The van der Waals surface area contributed by atoms with Gasteiger partial charge in [-0.15, -0.1) is 0 Å². The Morgan fingerprint density at radius 2 is 2.21 bits per heavy atom. The molecule has 0 bridgehead atoms. The van der Waals surface area contributed by atoms with Crippen molar-refractivity contribution in [1.29, 1.82) is 0 Å². The number of ether oxygens (including phenoxy) is 2. The van der Waals surface area contributed by atoms with Crippen molar-refractivity contribution in [2.75, 3.05) is 13.7 Å². The van der Waals surface area contributed by atoms with E-state index in [1.807, 2.05) is 0 Å². The minimum absolute atomic E-state index is 0.188. The van der Waals surface area contributed by atoms with Gasteiger partial charge in [0.05, 0.1) is 13.2 Å². The number of hydrogen-bond acceptors (Lipinski definition) is 4. The lowest BCUT2D eigenvalue weighted by molar-refractivity contribution is 0.0927. The van der Waals surface area contributed by atoms with E-state index in [9.17, 15) is 9.18 Å². The number of fused-ring (bicyclic) bond motifs is 2. The second-order valence-electron chi connectivity index (χ2n) is 5.45. The Morgan fingerprint density at radius 1 is 1.38 bits per heavy atom. The van der Waals surface area contributed by atoms with Gasteiger partial charge in [-0.05, 0) is 12.1 Å². The largest absolute Gasteiger partial charge is 0.494 e. The number of amides is 1. The van der Waals surface area contributed by atoms with Crippen LogP contribution in [0.15, 0.2) is 36.4 Å². The summed E-state index contributed by atoms with van der Waals surface area (Å²) in [7, 11) is 1.55. The molecule has 0 saturated heterocycles. The summed E-state index contributed by atoms with van der Waals surface area (Å²) in [5.41, 5.74) is 1.54. The fourth-order valence-electron chi connectivity index (χ4n) is 2.91. The molecule has 4 rings (SSSR count). The van der Waals surface area contributed by atoms with Crippen molar-refractivity contribution in [1.82, 2.24) is 15.5 Å². The molecule has 1 amide bonds. The molecular weight excluding hydrogens is 313 g/mol. The van der Waals surface area contributed by atoms with Crippen LogP contribution in [0.3, 0.4) is 0 Å². The minimum atomic E-state index is -0.431. The van der Waals surface area contributed by atoms with Crippen LogP contribution in [0.4, 0.5) is 4.39 Å². The molecule has 2 N–H and O–H groups in total. The first-order valence-corrected chi connectivity index (χ1v) is 7.42. The topological polar surface area (TPSA) is 76.2 Å². The number of aromatic nitrogens is 2. The van der Waals surface area contributed by atoms with Crippen LogP contribution in [0.1, 0.15) is 22.1 Å². The smallest absolute Gasteiger partial charge is 0.273 e. The predicted molar refractivity (Wildman–Crippen MR) is 84.7 cm³/mol. The van der Waals surface area contributed by atoms with E-state index in [1.54, 1.807) is 37.4 Å². The van der Waals surface area contributed by atoms with Crippen LogP contribution in [0.2, 0.25) is 0 Å². The van der Waals surface area contributed by atoms with Gasteiger partial charge in [-0.1, -0.05) is 24.3 Å². The molecule has 0 radical (unpaired) electrons. The summed E-state index contributed by atoms with van der Waals surface area (Å²) in [6, 6.07) is 9.60. The molecule has 1 aliphatic rings. The number of H-pyrrole nitrogens is 1. The zero-order valence-electron chi connectivity index (χ0n) is 12.8. The lowest BCUT2D eigenvalue weighted by Crippen LogP contribution is -2.29. The maximum Gasteiger partial charge on any atom is 0.273 e. The van der Waals surface area contributed by atoms with Gasteiger partial charge in [-0.2, -0.15) is 5.10 Å². The molecule has 0 spiro atoms. The summed E-state index contributed by atoms with van der Waals surface area (Å²) in [5, 5.41) is 10.4. The van der Waals surface area contributed by atoms with E-state index in [-0.39, 0.29) is 24.0 Å². The van der Waals surface area contributed by atoms with Crippen molar-refractivity contribution >= 4 is 16.8 Å². The standard InChI is InChI=1S/C17H14FN3O3/c1-23-13-7-3-5-10-14(13)20-21-15(10)17(22)19-12-8-24-16-9(12)4-2-6-11(16)18/h2-7,12H,8H2,1H3,(H,19,22)(H,20,21). The maximum atomic E-state index is 13.7. The second-order valence-corrected chi connectivity index (χ2v) is 5.45. The lowest BCUT2D eigenvalue weighted by atomic mass is 10.1. The zero-order valence-corrected chi connectivity index (χ0v) is 12.8. The van der Waals surface area contributed by atoms with Crippen molar-refractivity contribution in [3.8, 4) is 11.5 Å². The molecule has 1 unspecified atom stereocenters. The third-order valence-electron chi connectivity index (χ3n) is 4.07. The van der Waals surface area contributed by atoms with Crippen molar-refractivity contribution < 1.29 is 18.7 Å². The lowest BCUT2D eigenvalue weighted by Gasteiger charge is -2.10. The minimum Gasteiger partial charge on any atom is -0.494 e. The van der Waals surface area contributed by atoms with Gasteiger partial charge in [0.15, 0.2) is 17.3 Å². The van der Waals surface area contributed by atoms with Crippen molar-refractivity contribution in [3.05, 3.63) is 53.5 Å². The van der Waals surface area contributed by atoms with Crippen molar-refractivity contribution in [3.63, 3.8) is 0 Å². The normalized spacial score (nSPS) is 15.8. The number of carbonyl (C=O) groups is 1. The molecule has 7 heteroatoms. The SMILES string of the molecule is COc1cccc2c(C(=O)NC3COc4c(F)cccc43)n[nH]c12. The average molecular weight is 327 g/mol. The van der Waals surface area contributed by atoms with E-state index < -0.39 is 11.9 Å². The van der Waals surface area contributed by atoms with Gasteiger partial charge in [-0.25, -0.2) is 4.39 Å². The number of carbonyl (C=O) groups excluding carboxylic acids is 1. The van der Waals surface area contributed by atoms with Gasteiger partial charge in [0.1, 0.15) is 17.9 Å². The highest BCUT2D eigenvalue weighted by Crippen LogP contribution is 2.34. The Morgan fingerprint density at radius 3 is 3.04 bits per heavy atom. The molecule has 1 aromatic heterocycles. The van der Waals surface area contributed by atoms with Gasteiger partial charge in [-0.3, -0.25) is 9.89 Å². The van der Waals surface area contributed by atoms with E-state index in [0.717, 1.165) is 0 Å². The van der Waals surface area contributed by atoms with Crippen LogP contribution < -0.4 is 14.8 Å². The van der Waals surface area contributed by atoms with Gasteiger partial charge < -0.3 is 14.8 Å². The first kappa shape index (κ1) is 14.5. The maximum absolute atomic E-state index is 13.7. The molecule has 122 valence electrons. The Labute approximate surface area is 136 Å². The summed E-state index contributed by atoms with van der Waals surface area (Å²) in [4.78, 5) is 12.6. The Kier molecular flexibility index (Phi) is 3.34. The van der Waals surface area contributed by atoms with Crippen LogP contribution in [0, 0.1) is 5.82 Å². The van der Waals surface area contributed by atoms with Gasteiger partial charge in [0.25, 0.3) is 5.91 Å². The second kappa shape index (κ2) is 5.52. The van der Waals surface area contributed by atoms with E-state index >= 15 is 0 Å². The molecule has 2 aromatic carbocycles. The molecule has 0 aliphatic carbocycles. The van der Waals surface area contributed by atoms with Crippen LogP contribution in [-0.4, -0.2) is 29.8 Å². The predicted octanol–water partition coefficient (Wildman–Crippen LogP) is 2.57. The number of methoxy groups -OCH3 is 1. The fraction of sp³-hybridized carbons (Fsp3) is 0.176. The van der Waals surface area contributed by atoms with E-state index in [0.29, 0.717) is 22.2 Å². The summed E-state index contributed by atoms with van der Waals surface area (Å²) in [5.74, 6) is 0.00596. The number of nitrogens with one attached hydrogen (secondary N) is 2. The number of hydrogen-bond donors (Lipinski definition) is 2. The fourth-order valence-corrected chi connectivity index (χ4v) is 2.91. The highest BCUT2D eigenvalue weighted by Gasteiger charge is 2.29. The highest BCUT2D eigenvalue weighted by molar-refractivity contribution is 6.06. The number of rotatable bonds is 3. The zero-order chi connectivity index (χ0) is 16.7. The Bertz CT molecular complexity index is 938. The number of aromatic amines is 1. The molecule has 1 aliphatic heterocycles. The number of halogens is 1. The molecule has 6 nitrogen and oxygen atoms in total. The number of para-hydroxylation sites is 2. The van der Waals surface area contributed by atoms with Crippen LogP contribution in [0.5, 0.6) is 11.5 Å². The van der Waals surface area contributed by atoms with E-state index in [4.69, 9.17) is 9.47 Å². The van der Waals surface area contributed by atoms with Gasteiger partial charge in [0, 0.05) is 10.9 Å². The summed E-state index contributed by atoms with van der Waals surface area (Å²) in [6.07, 6.45) is 0. The third-order valence-corrected chi connectivity index (χ3v) is 4.07. The molecule has 24 heavy (non-hydrogen) atoms.